The maximum absolute atomic E-state index is 4.19. The zero-order valence-corrected chi connectivity index (χ0v) is 22.7. The van der Waals surface area contributed by atoms with Crippen LogP contribution in [0.15, 0.2) is 72.1 Å². The van der Waals surface area contributed by atoms with Crippen LogP contribution in [0.1, 0.15) is 15.3 Å². The molecule has 0 radical (unpaired) electrons. The van der Waals surface area contributed by atoms with Crippen molar-refractivity contribution in [1.29, 1.82) is 0 Å². The number of fused-ring (bicyclic) bond motifs is 3. The minimum atomic E-state index is -1.19. The van der Waals surface area contributed by atoms with Crippen LogP contribution in [0.5, 0.6) is 0 Å². The number of benzene rings is 2. The summed E-state index contributed by atoms with van der Waals surface area (Å²) in [5, 5.41) is 7.68. The van der Waals surface area contributed by atoms with E-state index >= 15 is 0 Å². The summed E-state index contributed by atoms with van der Waals surface area (Å²) in [4.78, 5) is 0. The first-order chi connectivity index (χ1) is 12.9. The first-order valence-corrected chi connectivity index (χ1v) is 21.3. The molecule has 1 aliphatic carbocycles. The molecule has 0 N–H and O–H groups in total. The third-order valence-electron chi connectivity index (χ3n) is 5.59. The Hall–Kier alpha value is -0.715. The zero-order chi connectivity index (χ0) is 21.3. The molecule has 0 aliphatic heterocycles. The zero-order valence-electron chi connectivity index (χ0n) is 19.1. The van der Waals surface area contributed by atoms with E-state index in [4.69, 9.17) is 0 Å². The fourth-order valence-corrected chi connectivity index (χ4v) is 10.5. The summed E-state index contributed by atoms with van der Waals surface area (Å²) in [6, 6.07) is 17.9. The van der Waals surface area contributed by atoms with E-state index in [-0.39, 0.29) is 11.0 Å². The topological polar surface area (TPSA) is 0 Å². The van der Waals surface area contributed by atoms with Crippen molar-refractivity contribution in [2.45, 2.75) is 54.0 Å². The SMILES string of the molecule is C=C(C(=C)[Si](C)(C)C)[Si](C)(C)C.[CH3][Ti]([CH3])[CH]1c2ccccc2-c2ccccc21.[SiH4]. The molecule has 0 amide bonds. The van der Waals surface area contributed by atoms with Crippen molar-refractivity contribution >= 4 is 27.1 Å². The van der Waals surface area contributed by atoms with Crippen molar-refractivity contribution in [3.63, 3.8) is 0 Å². The summed E-state index contributed by atoms with van der Waals surface area (Å²) >= 11 is -0.968. The normalized spacial score (nSPS) is 12.7. The van der Waals surface area contributed by atoms with E-state index in [2.05, 4.69) is 111 Å². The first kappa shape index (κ1) is 26.3. The second kappa shape index (κ2) is 10.1. The van der Waals surface area contributed by atoms with E-state index in [1.165, 1.54) is 21.5 Å². The Morgan fingerprint density at radius 1 is 0.690 bits per heavy atom. The molecule has 0 bridgehead atoms. The second-order valence-electron chi connectivity index (χ2n) is 10.1. The molecule has 0 saturated heterocycles. The average molecular weight is 474 g/mol. The molecule has 1 aliphatic rings. The maximum atomic E-state index is 4.19. The number of hydrogen-bond acceptors (Lipinski definition) is 0. The summed E-state index contributed by atoms with van der Waals surface area (Å²) in [6.45, 7) is 22.4. The largest absolute Gasteiger partial charge is 0.0149 e. The smallest absolute Gasteiger partial charge is 0.0149 e. The molecule has 2 aromatic carbocycles. The molecule has 0 aromatic heterocycles. The van der Waals surface area contributed by atoms with E-state index < -0.39 is 34.0 Å². The van der Waals surface area contributed by atoms with Gasteiger partial charge in [-0.25, -0.2) is 0 Å². The predicted octanol–water partition coefficient (Wildman–Crippen LogP) is 6.87. The number of allylic oxidation sites excluding steroid dienone is 2. The van der Waals surface area contributed by atoms with Gasteiger partial charge < -0.3 is 0 Å². The third kappa shape index (κ3) is 6.14. The van der Waals surface area contributed by atoms with Crippen molar-refractivity contribution in [3.05, 3.63) is 83.2 Å². The Morgan fingerprint density at radius 2 is 1.00 bits per heavy atom. The summed E-state index contributed by atoms with van der Waals surface area (Å²) in [7, 11) is -2.39. The molecule has 0 spiro atoms. The van der Waals surface area contributed by atoms with Gasteiger partial charge in [0.05, 0.1) is 16.1 Å². The molecule has 0 heterocycles. The van der Waals surface area contributed by atoms with Gasteiger partial charge >= 0.3 is 103 Å². The van der Waals surface area contributed by atoms with Crippen LogP contribution < -0.4 is 0 Å². The molecular formula is C25H41Si3Ti. The van der Waals surface area contributed by atoms with E-state index in [1.54, 1.807) is 11.1 Å². The van der Waals surface area contributed by atoms with Gasteiger partial charge in [-0.15, -0.1) is 0 Å². The standard InChI is InChI=1S/C13H9.C10H22Si2.2CH3.H4Si.Ti/c1-3-7-12-10(5-1)9-11-6-2-4-8-13(11)12;1-9(11(3,4)5)10(2)12(6,7)8;;;;/h1-9H;1-2H2,3-8H3;2*1H3;1H4;. The molecule has 0 unspecified atom stereocenters. The Balaban J connectivity index is 0.000000295. The van der Waals surface area contributed by atoms with E-state index in [0.29, 0.717) is 0 Å². The summed E-state index contributed by atoms with van der Waals surface area (Å²) in [5.41, 5.74) is 6.08. The van der Waals surface area contributed by atoms with Gasteiger partial charge in [0.25, 0.3) is 0 Å². The Bertz CT molecular complexity index is 801. The van der Waals surface area contributed by atoms with Crippen molar-refractivity contribution in [2.75, 3.05) is 0 Å². The van der Waals surface area contributed by atoms with Gasteiger partial charge in [0.2, 0.25) is 0 Å². The summed E-state index contributed by atoms with van der Waals surface area (Å²) in [6.07, 6.45) is 0. The van der Waals surface area contributed by atoms with Crippen molar-refractivity contribution < 1.29 is 17.9 Å². The van der Waals surface area contributed by atoms with Gasteiger partial charge in [0.15, 0.2) is 0 Å². The third-order valence-corrected chi connectivity index (χ3v) is 12.8. The van der Waals surface area contributed by atoms with Crippen LogP contribution in [0.25, 0.3) is 11.1 Å². The number of hydrogen-bond donors (Lipinski definition) is 0. The van der Waals surface area contributed by atoms with Gasteiger partial charge in [-0.1, -0.05) is 62.8 Å². The van der Waals surface area contributed by atoms with Gasteiger partial charge in [0.1, 0.15) is 0 Å². The van der Waals surface area contributed by atoms with Crippen LogP contribution in [0.2, 0.25) is 49.7 Å². The van der Waals surface area contributed by atoms with Gasteiger partial charge in [-0.3, -0.25) is 0 Å². The van der Waals surface area contributed by atoms with Crippen LogP contribution in [0, 0.1) is 0 Å². The first-order valence-electron chi connectivity index (χ1n) is 10.2. The number of rotatable bonds is 4. The van der Waals surface area contributed by atoms with Crippen molar-refractivity contribution in [3.8, 4) is 11.1 Å². The van der Waals surface area contributed by atoms with E-state index in [0.717, 1.165) is 4.22 Å². The minimum Gasteiger partial charge on any atom is -0.0149 e. The Morgan fingerprint density at radius 3 is 1.28 bits per heavy atom. The van der Waals surface area contributed by atoms with Gasteiger partial charge in [0, 0.05) is 0 Å². The van der Waals surface area contributed by atoms with Gasteiger partial charge in [-0.05, 0) is 11.0 Å². The quantitative estimate of drug-likeness (QED) is 0.336. The fourth-order valence-electron chi connectivity index (χ4n) is 3.68. The molecular weight excluding hydrogens is 432 g/mol. The van der Waals surface area contributed by atoms with Crippen LogP contribution in [0.3, 0.4) is 0 Å². The molecule has 3 rings (SSSR count). The van der Waals surface area contributed by atoms with Crippen LogP contribution in [0.4, 0.5) is 0 Å². The molecule has 4 heteroatoms. The molecule has 29 heavy (non-hydrogen) atoms. The second-order valence-corrected chi connectivity index (χ2v) is 24.6. The van der Waals surface area contributed by atoms with Crippen LogP contribution in [-0.4, -0.2) is 27.1 Å². The molecule has 0 fully saturated rings. The average Bonchev–Trinajstić information content (AvgIpc) is 2.94. The van der Waals surface area contributed by atoms with E-state index in [1.807, 2.05) is 0 Å². The van der Waals surface area contributed by atoms with Crippen LogP contribution in [-0.2, 0) is 17.9 Å². The molecule has 2 aromatic rings. The van der Waals surface area contributed by atoms with Crippen molar-refractivity contribution in [2.24, 2.45) is 0 Å². The van der Waals surface area contributed by atoms with Gasteiger partial charge in [-0.2, -0.15) is 0 Å². The molecule has 157 valence electrons. The molecule has 0 nitrogen and oxygen atoms in total. The van der Waals surface area contributed by atoms with E-state index in [9.17, 15) is 0 Å². The fraction of sp³-hybridized carbons (Fsp3) is 0.360. The Labute approximate surface area is 192 Å². The minimum absolute atomic E-state index is 0. The summed E-state index contributed by atoms with van der Waals surface area (Å²) < 4.78 is 0.743. The molecule has 0 atom stereocenters. The maximum Gasteiger partial charge on any atom is -0.0149 e. The molecule has 0 saturated carbocycles. The predicted molar refractivity (Wildman–Crippen MR) is 142 cm³/mol. The summed E-state index contributed by atoms with van der Waals surface area (Å²) in [5.74, 6) is 0. The monoisotopic (exact) mass is 473 g/mol. The Kier molecular flexibility index (Phi) is 9.13. The van der Waals surface area contributed by atoms with Crippen molar-refractivity contribution in [1.82, 2.24) is 0 Å². The van der Waals surface area contributed by atoms with Crippen LogP contribution >= 0.6 is 0 Å².